The van der Waals surface area contributed by atoms with E-state index in [1.165, 1.54) is 18.2 Å². The number of carbonyl (C=O) groups is 1. The monoisotopic (exact) mass is 430 g/mol. The summed E-state index contributed by atoms with van der Waals surface area (Å²) in [4.78, 5) is 14.1. The third-order valence-corrected chi connectivity index (χ3v) is 7.64. The van der Waals surface area contributed by atoms with Crippen LogP contribution in [0.4, 0.5) is 4.39 Å². The number of aliphatic hydroxyl groups is 1. The smallest absolute Gasteiger partial charge is 0.243 e. The molecule has 1 amide bonds. The number of halogens is 1. The normalized spacial score (nSPS) is 24.7. The number of fused-ring (bicyclic) bond motifs is 1. The highest BCUT2D eigenvalue weighted by atomic mass is 32.2. The molecule has 0 saturated carbocycles. The predicted molar refractivity (Wildman–Crippen MR) is 111 cm³/mol. The van der Waals surface area contributed by atoms with Crippen molar-refractivity contribution in [2.24, 2.45) is 0 Å². The lowest BCUT2D eigenvalue weighted by atomic mass is 9.74. The average molecular weight is 431 g/mol. The summed E-state index contributed by atoms with van der Waals surface area (Å²) in [5, 5.41) is 9.87. The highest BCUT2D eigenvalue weighted by molar-refractivity contribution is 7.89. The van der Waals surface area contributed by atoms with Gasteiger partial charge in [0, 0.05) is 12.5 Å². The standard InChI is InChI=1S/C22H23FN2O4S/c1-2-4-15-7-9-16(10-8-15)22-19-12-24(13-21(27)25(19)20(22)14-26)30(28,29)18-6-3-5-17(23)11-18/h2-11,19-20,22,26H,12-14H2,1H3/b4-2+/t19-,20-,22-/m0/s1. The van der Waals surface area contributed by atoms with Crippen LogP contribution in [0.2, 0.25) is 0 Å². The molecule has 4 rings (SSSR count). The number of sulfonamides is 1. The summed E-state index contributed by atoms with van der Waals surface area (Å²) >= 11 is 0. The molecule has 0 unspecified atom stereocenters. The molecule has 0 aliphatic carbocycles. The van der Waals surface area contributed by atoms with Crippen LogP contribution in [0.15, 0.2) is 59.5 Å². The number of allylic oxidation sites excluding steroid dienone is 1. The zero-order chi connectivity index (χ0) is 21.5. The molecule has 2 aromatic carbocycles. The maximum absolute atomic E-state index is 13.6. The Labute approximate surface area is 175 Å². The van der Waals surface area contributed by atoms with Crippen LogP contribution in [0.3, 0.4) is 0 Å². The zero-order valence-corrected chi connectivity index (χ0v) is 17.3. The Morgan fingerprint density at radius 3 is 2.57 bits per heavy atom. The Balaban J connectivity index is 1.63. The van der Waals surface area contributed by atoms with E-state index in [1.54, 1.807) is 4.90 Å². The van der Waals surface area contributed by atoms with E-state index < -0.39 is 15.8 Å². The fourth-order valence-electron chi connectivity index (χ4n) is 4.45. The fraction of sp³-hybridized carbons (Fsp3) is 0.318. The van der Waals surface area contributed by atoms with Crippen molar-refractivity contribution >= 4 is 22.0 Å². The molecular weight excluding hydrogens is 407 g/mol. The first kappa shape index (κ1) is 20.7. The second-order valence-electron chi connectivity index (χ2n) is 7.57. The SMILES string of the molecule is C/C=C/c1ccc([C@@H]2[C@H](CO)N3C(=O)CN(S(=O)(=O)c4cccc(F)c4)C[C@@H]23)cc1. The van der Waals surface area contributed by atoms with Gasteiger partial charge in [-0.15, -0.1) is 0 Å². The molecule has 2 fully saturated rings. The molecule has 0 radical (unpaired) electrons. The first-order valence-corrected chi connectivity index (χ1v) is 11.2. The van der Waals surface area contributed by atoms with E-state index in [0.717, 1.165) is 21.5 Å². The highest BCUT2D eigenvalue weighted by Crippen LogP contribution is 2.43. The molecule has 3 atom stereocenters. The summed E-state index contributed by atoms with van der Waals surface area (Å²) in [6.07, 6.45) is 3.91. The third-order valence-electron chi connectivity index (χ3n) is 5.84. The van der Waals surface area contributed by atoms with Gasteiger partial charge >= 0.3 is 0 Å². The Bertz CT molecular complexity index is 1080. The molecule has 6 nitrogen and oxygen atoms in total. The Kier molecular flexibility index (Phi) is 5.48. The van der Waals surface area contributed by atoms with Gasteiger partial charge < -0.3 is 10.0 Å². The molecule has 2 aliphatic heterocycles. The van der Waals surface area contributed by atoms with Crippen LogP contribution < -0.4 is 0 Å². The summed E-state index contributed by atoms with van der Waals surface area (Å²) < 4.78 is 40.7. The average Bonchev–Trinajstić information content (AvgIpc) is 2.71. The van der Waals surface area contributed by atoms with E-state index in [1.807, 2.05) is 43.3 Å². The molecular formula is C22H23FN2O4S. The predicted octanol–water partition coefficient (Wildman–Crippen LogP) is 2.22. The second kappa shape index (κ2) is 7.94. The van der Waals surface area contributed by atoms with Gasteiger partial charge in [-0.2, -0.15) is 4.31 Å². The van der Waals surface area contributed by atoms with Gasteiger partial charge in [0.05, 0.1) is 30.1 Å². The van der Waals surface area contributed by atoms with Crippen molar-refractivity contribution < 1.29 is 22.7 Å². The Morgan fingerprint density at radius 2 is 1.93 bits per heavy atom. The molecule has 2 aromatic rings. The Hall–Kier alpha value is -2.55. The largest absolute Gasteiger partial charge is 0.394 e. The lowest BCUT2D eigenvalue weighted by Gasteiger charge is -2.58. The molecule has 8 heteroatoms. The van der Waals surface area contributed by atoms with Gasteiger partial charge in [0.15, 0.2) is 0 Å². The summed E-state index contributed by atoms with van der Waals surface area (Å²) in [6.45, 7) is 1.52. The number of hydrogen-bond donors (Lipinski definition) is 1. The molecule has 30 heavy (non-hydrogen) atoms. The maximum Gasteiger partial charge on any atom is 0.243 e. The van der Waals surface area contributed by atoms with Crippen molar-refractivity contribution in [2.75, 3.05) is 19.7 Å². The van der Waals surface area contributed by atoms with Crippen LogP contribution in [0.5, 0.6) is 0 Å². The van der Waals surface area contributed by atoms with E-state index in [4.69, 9.17) is 0 Å². The highest BCUT2D eigenvalue weighted by Gasteiger charge is 2.55. The minimum absolute atomic E-state index is 0.0996. The number of rotatable bonds is 5. The zero-order valence-electron chi connectivity index (χ0n) is 16.5. The maximum atomic E-state index is 13.6. The summed E-state index contributed by atoms with van der Waals surface area (Å²) in [7, 11) is -4.01. The minimum Gasteiger partial charge on any atom is -0.394 e. The first-order chi connectivity index (χ1) is 14.4. The fourth-order valence-corrected chi connectivity index (χ4v) is 5.89. The number of carbonyl (C=O) groups excluding carboxylic acids is 1. The van der Waals surface area contributed by atoms with E-state index in [-0.39, 0.29) is 48.5 Å². The number of nitrogens with zero attached hydrogens (tertiary/aromatic N) is 2. The lowest BCUT2D eigenvalue weighted by molar-refractivity contribution is -0.158. The third kappa shape index (κ3) is 3.45. The van der Waals surface area contributed by atoms with E-state index in [9.17, 15) is 22.7 Å². The summed E-state index contributed by atoms with van der Waals surface area (Å²) in [5.74, 6) is -1.18. The van der Waals surface area contributed by atoms with Crippen LogP contribution in [0.25, 0.3) is 6.08 Å². The van der Waals surface area contributed by atoms with Crippen molar-refractivity contribution in [1.82, 2.24) is 9.21 Å². The van der Waals surface area contributed by atoms with Crippen LogP contribution >= 0.6 is 0 Å². The number of hydrogen-bond acceptors (Lipinski definition) is 4. The molecule has 0 bridgehead atoms. The number of benzene rings is 2. The molecule has 0 spiro atoms. The van der Waals surface area contributed by atoms with Crippen molar-refractivity contribution in [1.29, 1.82) is 0 Å². The molecule has 158 valence electrons. The second-order valence-corrected chi connectivity index (χ2v) is 9.50. The lowest BCUT2D eigenvalue weighted by Crippen LogP contribution is -2.73. The Morgan fingerprint density at radius 1 is 1.20 bits per heavy atom. The molecule has 2 saturated heterocycles. The van der Waals surface area contributed by atoms with Crippen molar-refractivity contribution in [2.45, 2.75) is 29.8 Å². The van der Waals surface area contributed by atoms with Gasteiger partial charge in [-0.05, 0) is 36.2 Å². The van der Waals surface area contributed by atoms with Crippen LogP contribution in [-0.2, 0) is 14.8 Å². The van der Waals surface area contributed by atoms with E-state index in [0.29, 0.717) is 0 Å². The summed E-state index contributed by atoms with van der Waals surface area (Å²) in [6, 6.07) is 11.8. The topological polar surface area (TPSA) is 77.9 Å². The van der Waals surface area contributed by atoms with Gasteiger partial charge in [-0.1, -0.05) is 42.5 Å². The van der Waals surface area contributed by atoms with Gasteiger partial charge in [0.2, 0.25) is 15.9 Å². The van der Waals surface area contributed by atoms with Crippen molar-refractivity contribution in [3.05, 3.63) is 71.6 Å². The molecule has 1 N–H and O–H groups in total. The van der Waals surface area contributed by atoms with E-state index in [2.05, 4.69) is 0 Å². The number of piperazine rings is 1. The van der Waals surface area contributed by atoms with Gasteiger partial charge in [-0.3, -0.25) is 4.79 Å². The van der Waals surface area contributed by atoms with Gasteiger partial charge in [0.1, 0.15) is 5.82 Å². The summed E-state index contributed by atoms with van der Waals surface area (Å²) in [5.41, 5.74) is 1.98. The van der Waals surface area contributed by atoms with Gasteiger partial charge in [-0.25, -0.2) is 12.8 Å². The molecule has 2 aliphatic rings. The first-order valence-electron chi connectivity index (χ1n) is 9.77. The van der Waals surface area contributed by atoms with Gasteiger partial charge in [0.25, 0.3) is 0 Å². The number of aliphatic hydroxyl groups excluding tert-OH is 1. The van der Waals surface area contributed by atoms with E-state index >= 15 is 0 Å². The molecule has 2 heterocycles. The quantitative estimate of drug-likeness (QED) is 0.789. The van der Waals surface area contributed by atoms with Crippen molar-refractivity contribution in [3.8, 4) is 0 Å². The van der Waals surface area contributed by atoms with Crippen LogP contribution in [-0.4, -0.2) is 60.4 Å². The minimum atomic E-state index is -4.01. The molecule has 0 aromatic heterocycles. The van der Waals surface area contributed by atoms with Crippen molar-refractivity contribution in [3.63, 3.8) is 0 Å². The number of amides is 1. The van der Waals surface area contributed by atoms with Crippen LogP contribution in [0, 0.1) is 5.82 Å². The van der Waals surface area contributed by atoms with Crippen LogP contribution in [0.1, 0.15) is 24.0 Å².